The Morgan fingerprint density at radius 2 is 1.52 bits per heavy atom. The average molecular weight is 308 g/mol. The quantitative estimate of drug-likeness (QED) is 0.495. The van der Waals surface area contributed by atoms with Crippen LogP contribution in [0.4, 0.5) is 0 Å². The molecule has 0 amide bonds. The summed E-state index contributed by atoms with van der Waals surface area (Å²) < 4.78 is 21.3. The molecule has 0 aliphatic carbocycles. The molecule has 0 bridgehead atoms. The molecule has 3 N–H and O–H groups in total. The lowest BCUT2D eigenvalue weighted by molar-refractivity contribution is -0.294. The van der Waals surface area contributed by atoms with Crippen LogP contribution in [0.2, 0.25) is 0 Å². The fourth-order valence-electron chi connectivity index (χ4n) is 1.91. The molecular weight excluding hydrogens is 280 g/mol. The summed E-state index contributed by atoms with van der Waals surface area (Å²) in [7, 11) is 0. The van der Waals surface area contributed by atoms with E-state index in [0.717, 1.165) is 0 Å². The van der Waals surface area contributed by atoms with Crippen molar-refractivity contribution in [3.05, 3.63) is 0 Å². The Morgan fingerprint density at radius 1 is 0.905 bits per heavy atom. The Balaban J connectivity index is 2.07. The third-order valence-electron chi connectivity index (χ3n) is 3.14. The number of aliphatic hydroxyl groups is 3. The van der Waals surface area contributed by atoms with Crippen molar-refractivity contribution < 1.29 is 34.3 Å². The fourth-order valence-corrected chi connectivity index (χ4v) is 1.91. The van der Waals surface area contributed by atoms with Gasteiger partial charge in [0, 0.05) is 6.61 Å². The van der Waals surface area contributed by atoms with Crippen molar-refractivity contribution in [3.63, 3.8) is 0 Å². The maximum atomic E-state index is 9.73. The van der Waals surface area contributed by atoms with Crippen LogP contribution in [0.3, 0.4) is 0 Å². The van der Waals surface area contributed by atoms with E-state index in [1.807, 2.05) is 0 Å². The highest BCUT2D eigenvalue weighted by Gasteiger charge is 2.42. The molecule has 0 spiro atoms. The highest BCUT2D eigenvalue weighted by atomic mass is 16.7. The first-order valence-electron chi connectivity index (χ1n) is 7.40. The minimum Gasteiger partial charge on any atom is -0.388 e. The largest absolute Gasteiger partial charge is 0.388 e. The molecule has 0 saturated carbocycles. The normalized spacial score (nSPS) is 33.6. The fraction of sp³-hybridized carbons (Fsp3) is 1.00. The molecule has 4 unspecified atom stereocenters. The van der Waals surface area contributed by atoms with E-state index >= 15 is 0 Å². The molecule has 0 radical (unpaired) electrons. The lowest BCUT2D eigenvalue weighted by atomic mass is 10.0. The van der Waals surface area contributed by atoms with Crippen LogP contribution in [-0.2, 0) is 18.9 Å². The van der Waals surface area contributed by atoms with Crippen LogP contribution in [-0.4, -0.2) is 79.1 Å². The topological polar surface area (TPSA) is 97.6 Å². The molecular formula is C14H28O7. The maximum Gasteiger partial charge on any atom is 0.186 e. The van der Waals surface area contributed by atoms with Crippen molar-refractivity contribution in [2.75, 3.05) is 33.0 Å². The molecule has 21 heavy (non-hydrogen) atoms. The van der Waals surface area contributed by atoms with Gasteiger partial charge in [-0.2, -0.15) is 0 Å². The van der Waals surface area contributed by atoms with E-state index in [1.54, 1.807) is 6.92 Å². The van der Waals surface area contributed by atoms with Crippen molar-refractivity contribution in [1.29, 1.82) is 0 Å². The molecule has 0 aromatic rings. The van der Waals surface area contributed by atoms with Crippen molar-refractivity contribution in [2.45, 2.75) is 51.5 Å². The van der Waals surface area contributed by atoms with Gasteiger partial charge in [-0.05, 0) is 12.8 Å². The first kappa shape index (κ1) is 18.8. The maximum absolute atomic E-state index is 9.73. The van der Waals surface area contributed by atoms with E-state index in [9.17, 15) is 15.3 Å². The summed E-state index contributed by atoms with van der Waals surface area (Å²) in [6.45, 7) is 8.04. The summed E-state index contributed by atoms with van der Waals surface area (Å²) in [4.78, 5) is 0. The van der Waals surface area contributed by atoms with Gasteiger partial charge < -0.3 is 34.3 Å². The Kier molecular flexibility index (Phi) is 8.65. The first-order chi connectivity index (χ1) is 9.93. The van der Waals surface area contributed by atoms with Gasteiger partial charge in [0.2, 0.25) is 0 Å². The van der Waals surface area contributed by atoms with Crippen molar-refractivity contribution in [2.24, 2.45) is 5.92 Å². The molecule has 7 nitrogen and oxygen atoms in total. The standard InChI is InChI=1S/C14H28O7/c1-9(2)8-19-5-4-18-6-7-20-14-13(17)12(16)11(15)10(3)21-14/h9-17H,4-8H2,1-3H3/t10-,11?,12?,13?,14?/m0/s1. The lowest BCUT2D eigenvalue weighted by Gasteiger charge is -2.38. The van der Waals surface area contributed by atoms with E-state index in [-0.39, 0.29) is 6.61 Å². The summed E-state index contributed by atoms with van der Waals surface area (Å²) in [5.74, 6) is 0.502. The van der Waals surface area contributed by atoms with Crippen LogP contribution >= 0.6 is 0 Å². The Hall–Kier alpha value is -0.280. The number of ether oxygens (including phenoxy) is 4. The molecule has 0 aromatic heterocycles. The summed E-state index contributed by atoms with van der Waals surface area (Å²) in [6, 6.07) is 0. The molecule has 1 heterocycles. The van der Waals surface area contributed by atoms with Gasteiger partial charge in [-0.1, -0.05) is 13.8 Å². The first-order valence-corrected chi connectivity index (χ1v) is 7.40. The number of hydrogen-bond donors (Lipinski definition) is 3. The Morgan fingerprint density at radius 3 is 2.19 bits per heavy atom. The third kappa shape index (κ3) is 6.56. The number of hydrogen-bond acceptors (Lipinski definition) is 7. The minimum absolute atomic E-state index is 0.224. The van der Waals surface area contributed by atoms with Crippen LogP contribution in [0.1, 0.15) is 20.8 Å². The molecule has 5 atom stereocenters. The summed E-state index contributed by atoms with van der Waals surface area (Å²) >= 11 is 0. The highest BCUT2D eigenvalue weighted by molar-refractivity contribution is 4.87. The molecule has 126 valence electrons. The monoisotopic (exact) mass is 308 g/mol. The SMILES string of the molecule is CC(C)COCCOCCOC1O[C@@H](C)C(O)C(O)C1O. The van der Waals surface area contributed by atoms with Gasteiger partial charge in [0.1, 0.15) is 18.3 Å². The van der Waals surface area contributed by atoms with Gasteiger partial charge in [0.15, 0.2) is 6.29 Å². The van der Waals surface area contributed by atoms with E-state index < -0.39 is 30.7 Å². The van der Waals surface area contributed by atoms with Crippen LogP contribution in [0.5, 0.6) is 0 Å². The lowest BCUT2D eigenvalue weighted by Crippen LogP contribution is -2.57. The number of rotatable bonds is 9. The zero-order valence-electron chi connectivity index (χ0n) is 13.0. The molecule has 1 rings (SSSR count). The molecule has 1 fully saturated rings. The predicted molar refractivity (Wildman–Crippen MR) is 74.8 cm³/mol. The Bertz CT molecular complexity index is 274. The second kappa shape index (κ2) is 9.68. The van der Waals surface area contributed by atoms with Crippen LogP contribution in [0.25, 0.3) is 0 Å². The van der Waals surface area contributed by atoms with Gasteiger partial charge in [-0.15, -0.1) is 0 Å². The zero-order valence-corrected chi connectivity index (χ0v) is 13.0. The molecule has 7 heteroatoms. The van der Waals surface area contributed by atoms with E-state index in [4.69, 9.17) is 18.9 Å². The number of aliphatic hydroxyl groups excluding tert-OH is 3. The summed E-state index contributed by atoms with van der Waals surface area (Å²) in [5.41, 5.74) is 0. The molecule has 1 aliphatic heterocycles. The second-order valence-corrected chi connectivity index (χ2v) is 5.63. The van der Waals surface area contributed by atoms with Gasteiger partial charge in [-0.25, -0.2) is 0 Å². The van der Waals surface area contributed by atoms with Gasteiger partial charge in [0.05, 0.1) is 32.5 Å². The second-order valence-electron chi connectivity index (χ2n) is 5.63. The minimum atomic E-state index is -1.27. The zero-order chi connectivity index (χ0) is 15.8. The van der Waals surface area contributed by atoms with Crippen molar-refractivity contribution in [3.8, 4) is 0 Å². The van der Waals surface area contributed by atoms with Crippen molar-refractivity contribution in [1.82, 2.24) is 0 Å². The smallest absolute Gasteiger partial charge is 0.186 e. The van der Waals surface area contributed by atoms with Crippen molar-refractivity contribution >= 4 is 0 Å². The summed E-state index contributed by atoms with van der Waals surface area (Å²) in [5, 5.41) is 28.9. The van der Waals surface area contributed by atoms with Crippen LogP contribution < -0.4 is 0 Å². The van der Waals surface area contributed by atoms with Gasteiger partial charge in [-0.3, -0.25) is 0 Å². The molecule has 0 aromatic carbocycles. The highest BCUT2D eigenvalue weighted by Crippen LogP contribution is 2.21. The van der Waals surface area contributed by atoms with E-state index in [0.29, 0.717) is 32.3 Å². The van der Waals surface area contributed by atoms with E-state index in [1.165, 1.54) is 0 Å². The van der Waals surface area contributed by atoms with Crippen LogP contribution in [0, 0.1) is 5.92 Å². The summed E-state index contributed by atoms with van der Waals surface area (Å²) in [6.07, 6.45) is -5.22. The average Bonchev–Trinajstić information content (AvgIpc) is 2.44. The van der Waals surface area contributed by atoms with E-state index in [2.05, 4.69) is 13.8 Å². The van der Waals surface area contributed by atoms with Gasteiger partial charge >= 0.3 is 0 Å². The molecule has 1 saturated heterocycles. The molecule has 1 aliphatic rings. The van der Waals surface area contributed by atoms with Crippen LogP contribution in [0.15, 0.2) is 0 Å². The van der Waals surface area contributed by atoms with Gasteiger partial charge in [0.25, 0.3) is 0 Å². The third-order valence-corrected chi connectivity index (χ3v) is 3.14. The predicted octanol–water partition coefficient (Wildman–Crippen LogP) is -0.480. The Labute approximate surface area is 125 Å².